The lowest BCUT2D eigenvalue weighted by Gasteiger charge is -2.28. The van der Waals surface area contributed by atoms with Crippen LogP contribution in [0.2, 0.25) is 0 Å². The first-order valence-corrected chi connectivity index (χ1v) is 6.04. The highest BCUT2D eigenvalue weighted by molar-refractivity contribution is 9.09. The largest absolute Gasteiger partial charge is 0.377 e. The van der Waals surface area contributed by atoms with Gasteiger partial charge in [0.05, 0.1) is 0 Å². The van der Waals surface area contributed by atoms with Crippen molar-refractivity contribution in [3.8, 4) is 0 Å². The molecule has 0 atom stereocenters. The van der Waals surface area contributed by atoms with Crippen LogP contribution in [0.3, 0.4) is 0 Å². The van der Waals surface area contributed by atoms with Crippen LogP contribution in [0.15, 0.2) is 18.2 Å². The Balaban J connectivity index is 3.29. The summed E-state index contributed by atoms with van der Waals surface area (Å²) in [7, 11) is 3.87. The van der Waals surface area contributed by atoms with Crippen LogP contribution in [0.25, 0.3) is 0 Å². The number of halogens is 2. The number of alkyl halides is 1. The number of benzene rings is 1. The molecule has 15 heavy (non-hydrogen) atoms. The molecule has 0 aliphatic carbocycles. The summed E-state index contributed by atoms with van der Waals surface area (Å²) in [5.41, 5.74) is 2.11. The molecule has 0 aliphatic rings. The molecule has 0 fully saturated rings. The minimum atomic E-state index is -0.187. The molecule has 1 aromatic rings. The van der Waals surface area contributed by atoms with E-state index in [1.165, 1.54) is 6.07 Å². The van der Waals surface area contributed by atoms with Gasteiger partial charge in [0.15, 0.2) is 0 Å². The third kappa shape index (κ3) is 2.71. The van der Waals surface area contributed by atoms with Crippen LogP contribution in [0, 0.1) is 5.82 Å². The molecular weight excluding hydrogens is 257 g/mol. The SMILES string of the molecule is CN(C)c1cc(F)ccc1C(C)(C)CBr. The van der Waals surface area contributed by atoms with E-state index in [4.69, 9.17) is 0 Å². The average molecular weight is 274 g/mol. The molecule has 0 N–H and O–H groups in total. The van der Waals surface area contributed by atoms with E-state index in [9.17, 15) is 4.39 Å². The lowest BCUT2D eigenvalue weighted by Crippen LogP contribution is -2.23. The Kier molecular flexibility index (Phi) is 3.77. The summed E-state index contributed by atoms with van der Waals surface area (Å²) in [4.78, 5) is 1.95. The molecule has 0 amide bonds. The molecule has 0 aliphatic heterocycles. The van der Waals surface area contributed by atoms with Crippen molar-refractivity contribution in [2.24, 2.45) is 0 Å². The third-order valence-electron chi connectivity index (χ3n) is 2.50. The Morgan fingerprint density at radius 2 is 1.93 bits per heavy atom. The highest BCUT2D eigenvalue weighted by Gasteiger charge is 2.23. The van der Waals surface area contributed by atoms with Crippen molar-refractivity contribution in [1.82, 2.24) is 0 Å². The second-order valence-corrected chi connectivity index (χ2v) is 5.13. The third-order valence-corrected chi connectivity index (χ3v) is 3.91. The van der Waals surface area contributed by atoms with Crippen molar-refractivity contribution in [2.75, 3.05) is 24.3 Å². The molecular formula is C12H17BrFN. The van der Waals surface area contributed by atoms with E-state index >= 15 is 0 Å². The van der Waals surface area contributed by atoms with Crippen molar-refractivity contribution in [3.05, 3.63) is 29.6 Å². The van der Waals surface area contributed by atoms with Gasteiger partial charge in [0.25, 0.3) is 0 Å². The first-order valence-electron chi connectivity index (χ1n) is 4.92. The summed E-state index contributed by atoms with van der Waals surface area (Å²) in [5, 5.41) is 0.854. The van der Waals surface area contributed by atoms with Gasteiger partial charge in [0.2, 0.25) is 0 Å². The minimum absolute atomic E-state index is 0.00725. The van der Waals surface area contributed by atoms with Crippen LogP contribution in [0.1, 0.15) is 19.4 Å². The Bertz CT molecular complexity index is 347. The molecule has 0 bridgehead atoms. The van der Waals surface area contributed by atoms with Gasteiger partial charge in [-0.2, -0.15) is 0 Å². The quantitative estimate of drug-likeness (QED) is 0.762. The molecule has 84 valence electrons. The normalized spacial score (nSPS) is 11.6. The fourth-order valence-corrected chi connectivity index (χ4v) is 1.82. The van der Waals surface area contributed by atoms with E-state index in [-0.39, 0.29) is 11.2 Å². The standard InChI is InChI=1S/C12H17BrFN/c1-12(2,8-13)10-6-5-9(14)7-11(10)15(3)4/h5-7H,8H2,1-4H3. The van der Waals surface area contributed by atoms with Gasteiger partial charge in [0.1, 0.15) is 5.82 Å². The fourth-order valence-electron chi connectivity index (χ4n) is 1.52. The van der Waals surface area contributed by atoms with E-state index in [1.807, 2.05) is 25.1 Å². The van der Waals surface area contributed by atoms with Crippen LogP contribution < -0.4 is 4.90 Å². The number of nitrogens with zero attached hydrogens (tertiary/aromatic N) is 1. The number of anilines is 1. The molecule has 1 rings (SSSR count). The van der Waals surface area contributed by atoms with Crippen LogP contribution in [0.5, 0.6) is 0 Å². The summed E-state index contributed by atoms with van der Waals surface area (Å²) in [6.45, 7) is 4.28. The lowest BCUT2D eigenvalue weighted by atomic mass is 9.85. The van der Waals surface area contributed by atoms with E-state index in [0.717, 1.165) is 16.6 Å². The molecule has 0 saturated carbocycles. The highest BCUT2D eigenvalue weighted by atomic mass is 79.9. The molecule has 0 radical (unpaired) electrons. The van der Waals surface area contributed by atoms with E-state index in [1.54, 1.807) is 6.07 Å². The maximum Gasteiger partial charge on any atom is 0.125 e. The minimum Gasteiger partial charge on any atom is -0.377 e. The van der Waals surface area contributed by atoms with Crippen LogP contribution >= 0.6 is 15.9 Å². The van der Waals surface area contributed by atoms with E-state index in [0.29, 0.717) is 0 Å². The summed E-state index contributed by atoms with van der Waals surface area (Å²) in [5.74, 6) is -0.187. The van der Waals surface area contributed by atoms with E-state index in [2.05, 4.69) is 29.8 Å². The van der Waals surface area contributed by atoms with Crippen LogP contribution in [0.4, 0.5) is 10.1 Å². The van der Waals surface area contributed by atoms with Crippen molar-refractivity contribution < 1.29 is 4.39 Å². The topological polar surface area (TPSA) is 3.24 Å². The van der Waals surface area contributed by atoms with Gasteiger partial charge in [-0.1, -0.05) is 35.8 Å². The van der Waals surface area contributed by atoms with Crippen LogP contribution in [-0.4, -0.2) is 19.4 Å². The number of hydrogen-bond acceptors (Lipinski definition) is 1. The second-order valence-electron chi connectivity index (χ2n) is 4.57. The average Bonchev–Trinajstić information content (AvgIpc) is 2.17. The molecule has 0 unspecified atom stereocenters. The Hall–Kier alpha value is -0.570. The zero-order valence-corrected chi connectivity index (χ0v) is 11.2. The second kappa shape index (κ2) is 4.52. The molecule has 3 heteroatoms. The molecule has 1 nitrogen and oxygen atoms in total. The monoisotopic (exact) mass is 273 g/mol. The number of hydrogen-bond donors (Lipinski definition) is 0. The Morgan fingerprint density at radius 3 is 2.40 bits per heavy atom. The van der Waals surface area contributed by atoms with Gasteiger partial charge >= 0.3 is 0 Å². The Labute approximate surface area is 99.4 Å². The Morgan fingerprint density at radius 1 is 1.33 bits per heavy atom. The van der Waals surface area contributed by atoms with Crippen molar-refractivity contribution in [2.45, 2.75) is 19.3 Å². The van der Waals surface area contributed by atoms with Gasteiger partial charge in [-0.15, -0.1) is 0 Å². The summed E-state index contributed by atoms with van der Waals surface area (Å²) >= 11 is 3.50. The van der Waals surface area contributed by atoms with Gasteiger partial charge in [-0.25, -0.2) is 4.39 Å². The highest BCUT2D eigenvalue weighted by Crippen LogP contribution is 2.33. The first-order chi connectivity index (χ1) is 6.88. The fraction of sp³-hybridized carbons (Fsp3) is 0.500. The molecule has 1 aromatic carbocycles. The van der Waals surface area contributed by atoms with Crippen molar-refractivity contribution in [3.63, 3.8) is 0 Å². The predicted molar refractivity (Wildman–Crippen MR) is 67.5 cm³/mol. The van der Waals surface area contributed by atoms with Crippen LogP contribution in [-0.2, 0) is 5.41 Å². The summed E-state index contributed by atoms with van der Waals surface area (Å²) in [6.07, 6.45) is 0. The van der Waals surface area contributed by atoms with Gasteiger partial charge in [0, 0.05) is 30.5 Å². The number of rotatable bonds is 3. The predicted octanol–water partition coefficient (Wildman–Crippen LogP) is 3.56. The smallest absolute Gasteiger partial charge is 0.125 e. The van der Waals surface area contributed by atoms with Gasteiger partial charge in [-0.3, -0.25) is 0 Å². The van der Waals surface area contributed by atoms with E-state index < -0.39 is 0 Å². The maximum atomic E-state index is 13.2. The summed E-state index contributed by atoms with van der Waals surface area (Å²) in [6, 6.07) is 4.97. The molecule has 0 aromatic heterocycles. The zero-order valence-electron chi connectivity index (χ0n) is 9.64. The lowest BCUT2D eigenvalue weighted by molar-refractivity contribution is 0.595. The maximum absolute atomic E-state index is 13.2. The zero-order chi connectivity index (χ0) is 11.6. The van der Waals surface area contributed by atoms with Gasteiger partial charge in [-0.05, 0) is 17.7 Å². The van der Waals surface area contributed by atoms with Crippen molar-refractivity contribution >= 4 is 21.6 Å². The molecule has 0 saturated heterocycles. The molecule has 0 heterocycles. The van der Waals surface area contributed by atoms with Gasteiger partial charge < -0.3 is 4.90 Å². The first kappa shape index (κ1) is 12.5. The molecule has 0 spiro atoms. The summed E-state index contributed by atoms with van der Waals surface area (Å²) < 4.78 is 13.2. The van der Waals surface area contributed by atoms with Crippen molar-refractivity contribution in [1.29, 1.82) is 0 Å².